The van der Waals surface area contributed by atoms with E-state index in [2.05, 4.69) is 15.9 Å². The Morgan fingerprint density at radius 1 is 1.24 bits per heavy atom. The third kappa shape index (κ3) is 3.64. The molecule has 0 aliphatic carbocycles. The summed E-state index contributed by atoms with van der Waals surface area (Å²) in [6.45, 7) is 2.42. The van der Waals surface area contributed by atoms with Crippen molar-refractivity contribution in [3.63, 3.8) is 0 Å². The summed E-state index contributed by atoms with van der Waals surface area (Å²) in [5, 5.41) is 0. The van der Waals surface area contributed by atoms with Crippen LogP contribution in [0.3, 0.4) is 0 Å². The molecule has 2 rings (SSSR count). The third-order valence-corrected chi connectivity index (χ3v) is 6.36. The summed E-state index contributed by atoms with van der Waals surface area (Å²) in [7, 11) is -1.67. The van der Waals surface area contributed by atoms with Crippen LogP contribution in [0.1, 0.15) is 19.8 Å². The number of sulfonamides is 1. The average Bonchev–Trinajstić information content (AvgIpc) is 2.47. The third-order valence-electron chi connectivity index (χ3n) is 3.92. The number of amides is 1. The zero-order valence-corrected chi connectivity index (χ0v) is 14.5. The summed E-state index contributed by atoms with van der Waals surface area (Å²) in [5.74, 6) is 0.0178. The topological polar surface area (TPSA) is 57.7 Å². The number of nitrogens with zero attached hydrogens (tertiary/aromatic N) is 2. The van der Waals surface area contributed by atoms with Gasteiger partial charge in [0.25, 0.3) is 0 Å². The predicted molar refractivity (Wildman–Crippen MR) is 84.4 cm³/mol. The molecule has 1 heterocycles. The lowest BCUT2D eigenvalue weighted by Gasteiger charge is -2.35. The van der Waals surface area contributed by atoms with Crippen LogP contribution in [0.5, 0.6) is 0 Å². The van der Waals surface area contributed by atoms with Crippen molar-refractivity contribution in [2.45, 2.75) is 30.7 Å². The molecule has 1 fully saturated rings. The molecule has 1 aromatic carbocycles. The Bertz CT molecular complexity index is 608. The Labute approximate surface area is 134 Å². The molecule has 21 heavy (non-hydrogen) atoms. The van der Waals surface area contributed by atoms with E-state index in [1.807, 2.05) is 0 Å². The van der Waals surface area contributed by atoms with Crippen LogP contribution in [0.4, 0.5) is 0 Å². The molecule has 1 aliphatic heterocycles. The van der Waals surface area contributed by atoms with Crippen LogP contribution in [0.15, 0.2) is 33.6 Å². The molecule has 0 spiro atoms. The molecule has 1 aromatic rings. The first-order chi connectivity index (χ1) is 9.82. The maximum atomic E-state index is 12.5. The van der Waals surface area contributed by atoms with E-state index < -0.39 is 10.0 Å². The smallest absolute Gasteiger partial charge is 0.243 e. The van der Waals surface area contributed by atoms with Gasteiger partial charge in [-0.25, -0.2) is 8.42 Å². The highest BCUT2D eigenvalue weighted by atomic mass is 79.9. The molecule has 0 radical (unpaired) electrons. The Morgan fingerprint density at radius 2 is 1.76 bits per heavy atom. The summed E-state index contributed by atoms with van der Waals surface area (Å²) >= 11 is 3.30. The number of halogens is 1. The standard InChI is InChI=1S/C14H19BrN2O3S/c1-11(18)16(2)13-7-9-17(10-8-13)21(19,20)14-5-3-12(15)4-6-14/h3-6,13H,7-10H2,1-2H3. The van der Waals surface area contributed by atoms with Crippen molar-refractivity contribution in [3.8, 4) is 0 Å². The van der Waals surface area contributed by atoms with Gasteiger partial charge < -0.3 is 4.90 Å². The first-order valence-electron chi connectivity index (χ1n) is 6.81. The van der Waals surface area contributed by atoms with Gasteiger partial charge >= 0.3 is 0 Å². The van der Waals surface area contributed by atoms with Gasteiger partial charge in [-0.05, 0) is 37.1 Å². The molecule has 0 atom stereocenters. The number of rotatable bonds is 3. The van der Waals surface area contributed by atoms with Crippen LogP contribution in [-0.4, -0.2) is 49.7 Å². The monoisotopic (exact) mass is 374 g/mol. The summed E-state index contributed by atoms with van der Waals surface area (Å²) in [4.78, 5) is 13.4. The van der Waals surface area contributed by atoms with Crippen LogP contribution in [0, 0.1) is 0 Å². The minimum Gasteiger partial charge on any atom is -0.343 e. The van der Waals surface area contributed by atoms with Crippen LogP contribution >= 0.6 is 15.9 Å². The lowest BCUT2D eigenvalue weighted by atomic mass is 10.1. The summed E-state index contributed by atoms with van der Waals surface area (Å²) in [6.07, 6.45) is 1.34. The maximum Gasteiger partial charge on any atom is 0.243 e. The molecule has 0 bridgehead atoms. The van der Waals surface area contributed by atoms with E-state index in [-0.39, 0.29) is 11.9 Å². The van der Waals surface area contributed by atoms with E-state index in [1.54, 1.807) is 36.2 Å². The van der Waals surface area contributed by atoms with Crippen molar-refractivity contribution in [3.05, 3.63) is 28.7 Å². The second kappa shape index (κ2) is 6.46. The van der Waals surface area contributed by atoms with E-state index in [0.717, 1.165) is 4.47 Å². The molecule has 1 amide bonds. The molecule has 5 nitrogen and oxygen atoms in total. The molecule has 0 saturated carbocycles. The highest BCUT2D eigenvalue weighted by Gasteiger charge is 2.31. The van der Waals surface area contributed by atoms with Crippen molar-refractivity contribution >= 4 is 31.9 Å². The summed E-state index contributed by atoms with van der Waals surface area (Å²) in [5.41, 5.74) is 0. The van der Waals surface area contributed by atoms with E-state index in [0.29, 0.717) is 30.8 Å². The van der Waals surface area contributed by atoms with Gasteiger partial charge in [0.15, 0.2) is 0 Å². The second-order valence-corrected chi connectivity index (χ2v) is 8.07. The average molecular weight is 375 g/mol. The molecule has 7 heteroatoms. The Kier molecular flexibility index (Phi) is 5.06. The highest BCUT2D eigenvalue weighted by molar-refractivity contribution is 9.10. The number of hydrogen-bond donors (Lipinski definition) is 0. The zero-order chi connectivity index (χ0) is 15.6. The fraction of sp³-hybridized carbons (Fsp3) is 0.500. The van der Waals surface area contributed by atoms with E-state index in [4.69, 9.17) is 0 Å². The van der Waals surface area contributed by atoms with Crippen LogP contribution in [0.25, 0.3) is 0 Å². The first kappa shape index (κ1) is 16.5. The van der Waals surface area contributed by atoms with Crippen molar-refractivity contribution < 1.29 is 13.2 Å². The summed E-state index contributed by atoms with van der Waals surface area (Å²) in [6, 6.07) is 6.78. The molecule has 1 aliphatic rings. The minimum atomic E-state index is -3.44. The molecule has 1 saturated heterocycles. The van der Waals surface area contributed by atoms with Gasteiger partial charge in [0, 0.05) is 37.6 Å². The van der Waals surface area contributed by atoms with Crippen LogP contribution in [-0.2, 0) is 14.8 Å². The number of carbonyl (C=O) groups excluding carboxylic acids is 1. The lowest BCUT2D eigenvalue weighted by Crippen LogP contribution is -2.46. The minimum absolute atomic E-state index is 0.0178. The van der Waals surface area contributed by atoms with Crippen molar-refractivity contribution in [2.75, 3.05) is 20.1 Å². The maximum absolute atomic E-state index is 12.5. The molecular weight excluding hydrogens is 356 g/mol. The molecule has 0 unspecified atom stereocenters. The molecule has 0 aromatic heterocycles. The van der Waals surface area contributed by atoms with Crippen LogP contribution in [0.2, 0.25) is 0 Å². The van der Waals surface area contributed by atoms with E-state index >= 15 is 0 Å². The molecular formula is C14H19BrN2O3S. The number of hydrogen-bond acceptors (Lipinski definition) is 3. The van der Waals surface area contributed by atoms with Gasteiger partial charge in [-0.2, -0.15) is 4.31 Å². The second-order valence-electron chi connectivity index (χ2n) is 5.22. The Balaban J connectivity index is 2.07. The number of piperidine rings is 1. The van der Waals surface area contributed by atoms with Gasteiger partial charge in [0.1, 0.15) is 0 Å². The quantitative estimate of drug-likeness (QED) is 0.813. The summed E-state index contributed by atoms with van der Waals surface area (Å²) < 4.78 is 27.4. The van der Waals surface area contributed by atoms with Crippen molar-refractivity contribution in [2.24, 2.45) is 0 Å². The van der Waals surface area contributed by atoms with Gasteiger partial charge in [0.2, 0.25) is 15.9 Å². The van der Waals surface area contributed by atoms with Crippen molar-refractivity contribution in [1.82, 2.24) is 9.21 Å². The van der Waals surface area contributed by atoms with E-state index in [1.165, 1.54) is 11.2 Å². The highest BCUT2D eigenvalue weighted by Crippen LogP contribution is 2.23. The van der Waals surface area contributed by atoms with Gasteiger partial charge in [-0.1, -0.05) is 15.9 Å². The lowest BCUT2D eigenvalue weighted by molar-refractivity contribution is -0.130. The fourth-order valence-electron chi connectivity index (χ4n) is 2.48. The molecule has 0 N–H and O–H groups in total. The Morgan fingerprint density at radius 3 is 2.24 bits per heavy atom. The predicted octanol–water partition coefficient (Wildman–Crippen LogP) is 2.08. The SMILES string of the molecule is CC(=O)N(C)C1CCN(S(=O)(=O)c2ccc(Br)cc2)CC1. The zero-order valence-electron chi connectivity index (χ0n) is 12.1. The largest absolute Gasteiger partial charge is 0.343 e. The number of benzene rings is 1. The fourth-order valence-corrected chi connectivity index (χ4v) is 4.22. The van der Waals surface area contributed by atoms with Gasteiger partial charge in [0.05, 0.1) is 4.90 Å². The van der Waals surface area contributed by atoms with Crippen molar-refractivity contribution in [1.29, 1.82) is 0 Å². The number of carbonyl (C=O) groups is 1. The normalized spacial score (nSPS) is 17.7. The first-order valence-corrected chi connectivity index (χ1v) is 9.05. The van der Waals surface area contributed by atoms with E-state index in [9.17, 15) is 13.2 Å². The van der Waals surface area contributed by atoms with Gasteiger partial charge in [-0.3, -0.25) is 4.79 Å². The Hall–Kier alpha value is -0.920. The van der Waals surface area contributed by atoms with Crippen LogP contribution < -0.4 is 0 Å². The molecule has 116 valence electrons. The van der Waals surface area contributed by atoms with Gasteiger partial charge in [-0.15, -0.1) is 0 Å².